The number of rotatable bonds is 2. The SMILES string of the molecule is C#CC1(CO)OC(N2C=CC(N)=NC2=C)C(F)C1O. The van der Waals surface area contributed by atoms with Gasteiger partial charge in [0.25, 0.3) is 0 Å². The highest BCUT2D eigenvalue weighted by Crippen LogP contribution is 2.36. The monoisotopic (exact) mass is 267 g/mol. The third-order valence-electron chi connectivity index (χ3n) is 3.10. The Morgan fingerprint density at radius 3 is 2.89 bits per heavy atom. The van der Waals surface area contributed by atoms with Gasteiger partial charge < -0.3 is 25.6 Å². The van der Waals surface area contributed by atoms with Crippen molar-refractivity contribution in [1.29, 1.82) is 0 Å². The van der Waals surface area contributed by atoms with Crippen LogP contribution in [-0.4, -0.2) is 51.7 Å². The predicted octanol–water partition coefficient (Wildman–Crippen LogP) is -0.936. The zero-order valence-electron chi connectivity index (χ0n) is 10.0. The summed E-state index contributed by atoms with van der Waals surface area (Å²) in [6.45, 7) is 2.92. The van der Waals surface area contributed by atoms with Crippen LogP contribution in [0.25, 0.3) is 0 Å². The summed E-state index contributed by atoms with van der Waals surface area (Å²) in [4.78, 5) is 5.13. The van der Waals surface area contributed by atoms with Gasteiger partial charge >= 0.3 is 0 Å². The van der Waals surface area contributed by atoms with Crippen molar-refractivity contribution >= 4 is 5.84 Å². The number of nitrogens with zero attached hydrogens (tertiary/aromatic N) is 2. The standard InChI is InChI=1S/C12H14FN3O3/c1-3-12(6-17)10(18)9(13)11(19-12)16-5-4-8(14)15-7(16)2/h1,4-5,9-11,17-18H,2,6H2,(H2,14,15). The molecule has 102 valence electrons. The van der Waals surface area contributed by atoms with Crippen molar-refractivity contribution in [2.24, 2.45) is 10.7 Å². The van der Waals surface area contributed by atoms with E-state index in [1.807, 2.05) is 0 Å². The third kappa shape index (κ3) is 2.00. The molecule has 0 saturated carbocycles. The van der Waals surface area contributed by atoms with Crippen molar-refractivity contribution in [1.82, 2.24) is 4.90 Å². The molecule has 6 nitrogen and oxygen atoms in total. The Labute approximate surface area is 109 Å². The van der Waals surface area contributed by atoms with E-state index < -0.39 is 30.7 Å². The summed E-state index contributed by atoms with van der Waals surface area (Å²) < 4.78 is 19.4. The molecule has 4 atom stereocenters. The van der Waals surface area contributed by atoms with E-state index >= 15 is 0 Å². The molecule has 4 N–H and O–H groups in total. The van der Waals surface area contributed by atoms with Crippen molar-refractivity contribution in [3.63, 3.8) is 0 Å². The Kier molecular flexibility index (Phi) is 3.32. The molecule has 1 saturated heterocycles. The molecule has 2 heterocycles. The maximum absolute atomic E-state index is 14.1. The lowest BCUT2D eigenvalue weighted by atomic mass is 9.98. The van der Waals surface area contributed by atoms with Crippen LogP contribution in [0.4, 0.5) is 4.39 Å². The zero-order valence-corrected chi connectivity index (χ0v) is 10.0. The molecule has 0 radical (unpaired) electrons. The highest BCUT2D eigenvalue weighted by molar-refractivity contribution is 5.92. The summed E-state index contributed by atoms with van der Waals surface area (Å²) >= 11 is 0. The first kappa shape index (κ1) is 13.5. The minimum Gasteiger partial charge on any atom is -0.392 e. The van der Waals surface area contributed by atoms with Crippen LogP contribution in [0.1, 0.15) is 0 Å². The van der Waals surface area contributed by atoms with Gasteiger partial charge in [-0.2, -0.15) is 0 Å². The quantitative estimate of drug-likeness (QED) is 0.562. The summed E-state index contributed by atoms with van der Waals surface area (Å²) in [6.07, 6.45) is 3.39. The molecular weight excluding hydrogens is 253 g/mol. The van der Waals surface area contributed by atoms with Gasteiger partial charge in [0.2, 0.25) is 0 Å². The first-order valence-electron chi connectivity index (χ1n) is 5.53. The van der Waals surface area contributed by atoms with Gasteiger partial charge in [-0.1, -0.05) is 12.5 Å². The summed E-state index contributed by atoms with van der Waals surface area (Å²) in [5, 5.41) is 19.0. The van der Waals surface area contributed by atoms with Gasteiger partial charge in [-0.05, 0) is 6.08 Å². The van der Waals surface area contributed by atoms with Crippen LogP contribution >= 0.6 is 0 Å². The Bertz CT molecular complexity index is 499. The number of hydrogen-bond acceptors (Lipinski definition) is 6. The Balaban J connectivity index is 2.27. The van der Waals surface area contributed by atoms with Crippen LogP contribution in [0.2, 0.25) is 0 Å². The second-order valence-corrected chi connectivity index (χ2v) is 4.27. The van der Waals surface area contributed by atoms with Gasteiger partial charge in [-0.3, -0.25) is 0 Å². The molecule has 2 aliphatic heterocycles. The van der Waals surface area contributed by atoms with Crippen LogP contribution in [0.3, 0.4) is 0 Å². The van der Waals surface area contributed by atoms with Gasteiger partial charge in [0.1, 0.15) is 17.8 Å². The lowest BCUT2D eigenvalue weighted by Crippen LogP contribution is -2.44. The molecule has 2 aliphatic rings. The molecule has 0 amide bonds. The van der Waals surface area contributed by atoms with E-state index in [4.69, 9.17) is 16.9 Å². The van der Waals surface area contributed by atoms with Gasteiger partial charge in [-0.15, -0.1) is 6.42 Å². The van der Waals surface area contributed by atoms with Crippen molar-refractivity contribution < 1.29 is 19.3 Å². The minimum atomic E-state index is -1.82. The molecule has 19 heavy (non-hydrogen) atoms. The maximum atomic E-state index is 14.1. The smallest absolute Gasteiger partial charge is 0.182 e. The molecule has 0 aromatic heterocycles. The highest BCUT2D eigenvalue weighted by atomic mass is 19.1. The first-order chi connectivity index (χ1) is 8.95. The Hall–Kier alpha value is -1.88. The Morgan fingerprint density at radius 2 is 2.42 bits per heavy atom. The van der Waals surface area contributed by atoms with Crippen molar-refractivity contribution in [2.45, 2.75) is 24.1 Å². The number of aliphatic hydroxyl groups excluding tert-OH is 2. The number of alkyl halides is 1. The number of halogens is 1. The molecule has 1 fully saturated rings. The summed E-state index contributed by atoms with van der Waals surface area (Å²) in [5.74, 6) is 2.48. The molecule has 0 aliphatic carbocycles. The van der Waals surface area contributed by atoms with Crippen LogP contribution in [0.5, 0.6) is 0 Å². The Morgan fingerprint density at radius 1 is 1.74 bits per heavy atom. The molecule has 4 unspecified atom stereocenters. The highest BCUT2D eigenvalue weighted by Gasteiger charge is 2.56. The zero-order chi connectivity index (χ0) is 14.2. The fourth-order valence-electron chi connectivity index (χ4n) is 1.99. The largest absolute Gasteiger partial charge is 0.392 e. The van der Waals surface area contributed by atoms with Crippen LogP contribution in [0.15, 0.2) is 29.7 Å². The molecule has 0 aromatic carbocycles. The molecule has 2 rings (SSSR count). The number of nitrogens with two attached hydrogens (primary N) is 1. The van der Waals surface area contributed by atoms with Crippen molar-refractivity contribution in [3.8, 4) is 12.3 Å². The fraction of sp³-hybridized carbons (Fsp3) is 0.417. The van der Waals surface area contributed by atoms with E-state index in [1.165, 1.54) is 17.2 Å². The van der Waals surface area contributed by atoms with E-state index in [2.05, 4.69) is 17.5 Å². The number of aliphatic imine (C=N–C) groups is 1. The normalized spacial score (nSPS) is 38.2. The summed E-state index contributed by atoms with van der Waals surface area (Å²) in [5.41, 5.74) is 3.70. The topological polar surface area (TPSA) is 91.3 Å². The number of amidine groups is 1. The van der Waals surface area contributed by atoms with Gasteiger partial charge in [0, 0.05) is 6.20 Å². The number of ether oxygens (including phenoxy) is 1. The van der Waals surface area contributed by atoms with Gasteiger partial charge in [0.05, 0.1) is 6.61 Å². The molecule has 0 aromatic rings. The van der Waals surface area contributed by atoms with E-state index in [0.29, 0.717) is 0 Å². The minimum absolute atomic E-state index is 0.158. The van der Waals surface area contributed by atoms with E-state index in [9.17, 15) is 14.6 Å². The van der Waals surface area contributed by atoms with Crippen molar-refractivity contribution in [2.75, 3.05) is 6.61 Å². The maximum Gasteiger partial charge on any atom is 0.182 e. The lowest BCUT2D eigenvalue weighted by molar-refractivity contribution is -0.100. The molecule has 7 heteroatoms. The van der Waals surface area contributed by atoms with Crippen molar-refractivity contribution in [3.05, 3.63) is 24.7 Å². The van der Waals surface area contributed by atoms with Crippen LogP contribution in [-0.2, 0) is 4.74 Å². The van der Waals surface area contributed by atoms with E-state index in [1.54, 1.807) is 0 Å². The number of terminal acetylenes is 1. The number of hydrogen-bond donors (Lipinski definition) is 3. The van der Waals surface area contributed by atoms with Gasteiger partial charge in [0.15, 0.2) is 18.0 Å². The summed E-state index contributed by atoms with van der Waals surface area (Å²) in [6, 6.07) is 0. The lowest BCUT2D eigenvalue weighted by Gasteiger charge is -2.30. The first-order valence-corrected chi connectivity index (χ1v) is 5.53. The van der Waals surface area contributed by atoms with E-state index in [-0.39, 0.29) is 11.7 Å². The number of aliphatic hydroxyl groups is 2. The molecule has 0 spiro atoms. The van der Waals surface area contributed by atoms with Crippen LogP contribution < -0.4 is 5.73 Å². The van der Waals surface area contributed by atoms with E-state index in [0.717, 1.165) is 0 Å². The molecular formula is C12H14FN3O3. The fourth-order valence-corrected chi connectivity index (χ4v) is 1.99. The van der Waals surface area contributed by atoms with Crippen LogP contribution in [0, 0.1) is 12.3 Å². The average Bonchev–Trinajstić information content (AvgIpc) is 2.64. The second kappa shape index (κ2) is 4.66. The average molecular weight is 267 g/mol. The molecule has 0 bridgehead atoms. The third-order valence-corrected chi connectivity index (χ3v) is 3.10. The summed E-state index contributed by atoms with van der Waals surface area (Å²) in [7, 11) is 0. The van der Waals surface area contributed by atoms with Gasteiger partial charge in [-0.25, -0.2) is 9.38 Å². The predicted molar refractivity (Wildman–Crippen MR) is 66.2 cm³/mol. The second-order valence-electron chi connectivity index (χ2n) is 4.27.